The van der Waals surface area contributed by atoms with E-state index in [1.807, 2.05) is 54.6 Å². The molecular weight excluding hydrogens is 554 g/mol. The van der Waals surface area contributed by atoms with E-state index in [9.17, 15) is 14.4 Å². The molecule has 10 heteroatoms. The molecule has 0 aliphatic carbocycles. The number of rotatable bonds is 9. The number of carbonyl (C=O) groups excluding carboxylic acids is 3. The maximum absolute atomic E-state index is 13.4. The average Bonchev–Trinajstić information content (AvgIpc) is 3.32. The van der Waals surface area contributed by atoms with Gasteiger partial charge in [0, 0.05) is 29.6 Å². The van der Waals surface area contributed by atoms with Crippen LogP contribution in [-0.2, 0) is 22.4 Å². The molecule has 1 aromatic heterocycles. The van der Waals surface area contributed by atoms with Crippen molar-refractivity contribution in [1.29, 1.82) is 0 Å². The number of nitrogens with one attached hydrogen (secondary N) is 3. The number of carbonyl (C=O) groups is 3. The van der Waals surface area contributed by atoms with Gasteiger partial charge in [-0.2, -0.15) is 5.10 Å². The summed E-state index contributed by atoms with van der Waals surface area (Å²) in [6, 6.07) is 22.5. The summed E-state index contributed by atoms with van der Waals surface area (Å²) in [6.45, 7) is 5.78. The summed E-state index contributed by atoms with van der Waals surface area (Å²) in [5.41, 5.74) is 4.89. The Bertz CT molecular complexity index is 1560. The first-order chi connectivity index (χ1) is 20.1. The van der Waals surface area contributed by atoms with Gasteiger partial charge in [-0.1, -0.05) is 72.3 Å². The van der Waals surface area contributed by atoms with Crippen LogP contribution in [0.25, 0.3) is 10.9 Å². The van der Waals surface area contributed by atoms with E-state index in [1.54, 1.807) is 51.2 Å². The Hall–Kier alpha value is -4.63. The zero-order chi connectivity index (χ0) is 30.1. The average molecular weight is 588 g/mol. The van der Waals surface area contributed by atoms with Crippen molar-refractivity contribution in [3.8, 4) is 0 Å². The largest absolute Gasteiger partial charge is 0.443 e. The first-order valence-electron chi connectivity index (χ1n) is 13.6. The third-order valence-electron chi connectivity index (χ3n) is 6.24. The molecule has 218 valence electrons. The van der Waals surface area contributed by atoms with Crippen molar-refractivity contribution in [3.63, 3.8) is 0 Å². The van der Waals surface area contributed by atoms with Crippen LogP contribution in [0.2, 0.25) is 5.02 Å². The second kappa shape index (κ2) is 13.8. The molecule has 4 rings (SSSR count). The summed E-state index contributed by atoms with van der Waals surface area (Å²) in [7, 11) is 0. The molecule has 0 radical (unpaired) electrons. The van der Waals surface area contributed by atoms with Gasteiger partial charge in [-0.25, -0.2) is 15.0 Å². The third-order valence-corrected chi connectivity index (χ3v) is 6.49. The predicted molar refractivity (Wildman–Crippen MR) is 165 cm³/mol. The Morgan fingerprint density at radius 2 is 1.67 bits per heavy atom. The van der Waals surface area contributed by atoms with E-state index in [0.717, 1.165) is 16.5 Å². The van der Waals surface area contributed by atoms with E-state index in [2.05, 4.69) is 21.2 Å². The number of amides is 3. The molecule has 3 amide bonds. The van der Waals surface area contributed by atoms with Crippen LogP contribution in [0, 0.1) is 0 Å². The normalized spacial score (nSPS) is 12.2. The first-order valence-corrected chi connectivity index (χ1v) is 14.0. The lowest BCUT2D eigenvalue weighted by Gasteiger charge is -2.19. The van der Waals surface area contributed by atoms with Gasteiger partial charge in [0.25, 0.3) is 0 Å². The number of urea groups is 1. The molecule has 0 unspecified atom stereocenters. The molecule has 0 fully saturated rings. The molecule has 0 bridgehead atoms. The molecule has 3 N–H and O–H groups in total. The molecule has 0 aliphatic heterocycles. The summed E-state index contributed by atoms with van der Waals surface area (Å²) in [5, 5.41) is 11.0. The standard InChI is InChI=1S/C32H34ClN5O4/c1-32(2,3)42-31(41)38-21-24(26-11-7-8-12-28(26)38)19-27(29(39)34-18-17-22-9-5-4-6-10-22)36-30(40)37-35-20-23-13-15-25(33)16-14-23/h4-16,20-21,27H,17-19H2,1-3H3,(H,34,39)(H2,36,37,40)/b35-20+/t27-/m1/s1. The minimum Gasteiger partial charge on any atom is -0.443 e. The van der Waals surface area contributed by atoms with Crippen LogP contribution in [0.1, 0.15) is 37.5 Å². The highest BCUT2D eigenvalue weighted by Crippen LogP contribution is 2.24. The van der Waals surface area contributed by atoms with E-state index < -0.39 is 23.8 Å². The Morgan fingerprint density at radius 3 is 2.38 bits per heavy atom. The lowest BCUT2D eigenvalue weighted by Crippen LogP contribution is -2.50. The van der Waals surface area contributed by atoms with Crippen LogP contribution in [0.3, 0.4) is 0 Å². The van der Waals surface area contributed by atoms with E-state index in [1.165, 1.54) is 10.8 Å². The number of halogens is 1. The van der Waals surface area contributed by atoms with Gasteiger partial charge in [-0.3, -0.25) is 9.36 Å². The molecule has 0 spiro atoms. The molecular formula is C32H34ClN5O4. The van der Waals surface area contributed by atoms with Crippen molar-refractivity contribution >= 4 is 46.7 Å². The highest BCUT2D eigenvalue weighted by atomic mass is 35.5. The monoisotopic (exact) mass is 587 g/mol. The first kappa shape index (κ1) is 30.3. The van der Waals surface area contributed by atoms with Crippen molar-refractivity contribution in [3.05, 3.63) is 107 Å². The lowest BCUT2D eigenvalue weighted by molar-refractivity contribution is -0.122. The number of para-hydroxylation sites is 1. The molecule has 4 aromatic rings. The van der Waals surface area contributed by atoms with Crippen LogP contribution in [-0.4, -0.2) is 47.0 Å². The zero-order valence-corrected chi connectivity index (χ0v) is 24.5. The molecule has 3 aromatic carbocycles. The van der Waals surface area contributed by atoms with E-state index >= 15 is 0 Å². The maximum atomic E-state index is 13.4. The Morgan fingerprint density at radius 1 is 0.976 bits per heavy atom. The van der Waals surface area contributed by atoms with Crippen LogP contribution in [0.15, 0.2) is 90.2 Å². The highest BCUT2D eigenvalue weighted by molar-refractivity contribution is 6.30. The summed E-state index contributed by atoms with van der Waals surface area (Å²) in [6.07, 6.45) is 3.35. The fourth-order valence-electron chi connectivity index (χ4n) is 4.31. The highest BCUT2D eigenvalue weighted by Gasteiger charge is 2.25. The van der Waals surface area contributed by atoms with Gasteiger partial charge >= 0.3 is 12.1 Å². The minimum absolute atomic E-state index is 0.127. The maximum Gasteiger partial charge on any atom is 0.419 e. The van der Waals surface area contributed by atoms with Crippen molar-refractivity contribution in [1.82, 2.24) is 20.6 Å². The van der Waals surface area contributed by atoms with Crippen molar-refractivity contribution < 1.29 is 19.1 Å². The second-order valence-electron chi connectivity index (χ2n) is 10.7. The Kier molecular flexibility index (Phi) is 9.98. The van der Waals surface area contributed by atoms with Gasteiger partial charge in [0.2, 0.25) is 5.91 Å². The summed E-state index contributed by atoms with van der Waals surface area (Å²) in [4.78, 5) is 39.1. The predicted octanol–water partition coefficient (Wildman–Crippen LogP) is 5.68. The fraction of sp³-hybridized carbons (Fsp3) is 0.250. The smallest absolute Gasteiger partial charge is 0.419 e. The second-order valence-corrected chi connectivity index (χ2v) is 11.1. The van der Waals surface area contributed by atoms with Crippen molar-refractivity contribution in [2.75, 3.05) is 6.54 Å². The van der Waals surface area contributed by atoms with Gasteiger partial charge in [0.15, 0.2) is 0 Å². The van der Waals surface area contributed by atoms with Crippen molar-refractivity contribution in [2.24, 2.45) is 5.10 Å². The number of hydrazone groups is 1. The quantitative estimate of drug-likeness (QED) is 0.173. The molecule has 0 aliphatic rings. The van der Waals surface area contributed by atoms with Gasteiger partial charge < -0.3 is 15.4 Å². The van der Waals surface area contributed by atoms with E-state index in [4.69, 9.17) is 16.3 Å². The molecule has 0 saturated carbocycles. The number of hydrogen-bond donors (Lipinski definition) is 3. The zero-order valence-electron chi connectivity index (χ0n) is 23.8. The number of benzene rings is 3. The molecule has 1 atom stereocenters. The molecule has 0 saturated heterocycles. The fourth-order valence-corrected chi connectivity index (χ4v) is 4.43. The minimum atomic E-state index is -0.954. The third kappa shape index (κ3) is 8.68. The number of aromatic nitrogens is 1. The van der Waals surface area contributed by atoms with Crippen molar-refractivity contribution in [2.45, 2.75) is 45.3 Å². The summed E-state index contributed by atoms with van der Waals surface area (Å²) in [5.74, 6) is -0.364. The van der Waals surface area contributed by atoms with Gasteiger partial charge in [-0.15, -0.1) is 0 Å². The number of nitrogens with zero attached hydrogens (tertiary/aromatic N) is 2. The SMILES string of the molecule is CC(C)(C)OC(=O)n1cc(C[C@@H](NC(=O)N/N=C/c2ccc(Cl)cc2)C(=O)NCCc2ccccc2)c2ccccc21. The summed E-state index contributed by atoms with van der Waals surface area (Å²) >= 11 is 5.91. The van der Waals surface area contributed by atoms with Crippen LogP contribution in [0.4, 0.5) is 9.59 Å². The summed E-state index contributed by atoms with van der Waals surface area (Å²) < 4.78 is 7.01. The van der Waals surface area contributed by atoms with Crippen LogP contribution >= 0.6 is 11.6 Å². The van der Waals surface area contributed by atoms with Gasteiger partial charge in [0.1, 0.15) is 11.6 Å². The van der Waals surface area contributed by atoms with Crippen LogP contribution < -0.4 is 16.1 Å². The van der Waals surface area contributed by atoms with Gasteiger partial charge in [-0.05, 0) is 62.1 Å². The number of hydrogen-bond acceptors (Lipinski definition) is 5. The van der Waals surface area contributed by atoms with E-state index in [0.29, 0.717) is 29.1 Å². The Balaban J connectivity index is 1.52. The number of fused-ring (bicyclic) bond motifs is 1. The topological polar surface area (TPSA) is 114 Å². The molecule has 1 heterocycles. The van der Waals surface area contributed by atoms with E-state index in [-0.39, 0.29) is 12.3 Å². The molecule has 42 heavy (non-hydrogen) atoms. The number of ether oxygens (including phenoxy) is 1. The Labute approximate surface area is 249 Å². The lowest BCUT2D eigenvalue weighted by atomic mass is 10.0. The van der Waals surface area contributed by atoms with Gasteiger partial charge in [0.05, 0.1) is 11.7 Å². The molecule has 9 nitrogen and oxygen atoms in total. The van der Waals surface area contributed by atoms with Crippen LogP contribution in [0.5, 0.6) is 0 Å².